The highest BCUT2D eigenvalue weighted by Crippen LogP contribution is 2.22. The predicted octanol–water partition coefficient (Wildman–Crippen LogP) is 1.63. The first kappa shape index (κ1) is 11.9. The Labute approximate surface area is 98.6 Å². The van der Waals surface area contributed by atoms with Crippen LogP contribution >= 0.6 is 0 Å². The number of amides is 1. The quantitative estimate of drug-likeness (QED) is 0.790. The summed E-state index contributed by atoms with van der Waals surface area (Å²) in [4.78, 5) is 14.1. The van der Waals surface area contributed by atoms with E-state index in [2.05, 4.69) is 17.1 Å². The number of nitrogens with zero attached hydrogens (tertiary/aromatic N) is 1. The first-order chi connectivity index (χ1) is 7.79. The van der Waals surface area contributed by atoms with Crippen LogP contribution in [0.15, 0.2) is 0 Å². The first-order valence-electron chi connectivity index (χ1n) is 6.78. The lowest BCUT2D eigenvalue weighted by Gasteiger charge is -2.32. The van der Waals surface area contributed by atoms with E-state index in [1.165, 1.54) is 25.7 Å². The maximum Gasteiger partial charge on any atom is 0.222 e. The minimum Gasteiger partial charge on any atom is -0.343 e. The Hall–Kier alpha value is -0.570. The Bertz CT molecular complexity index is 228. The summed E-state index contributed by atoms with van der Waals surface area (Å²) in [6.07, 6.45) is 5.64. The Morgan fingerprint density at radius 3 is 2.56 bits per heavy atom. The summed E-state index contributed by atoms with van der Waals surface area (Å²) in [6.45, 7) is 6.38. The standard InChI is InChI=1S/C13H24N2O/c1-2-11-4-7-15(8-5-11)13(16)9-12-3-6-14-10-12/h11-12,14H,2-10H2,1H3. The fraction of sp³-hybridized carbons (Fsp3) is 0.923. The van der Waals surface area contributed by atoms with Gasteiger partial charge in [-0.05, 0) is 44.2 Å². The number of hydrogen-bond donors (Lipinski definition) is 1. The molecule has 0 radical (unpaired) electrons. The molecular formula is C13H24N2O. The molecule has 1 atom stereocenters. The van der Waals surface area contributed by atoms with Gasteiger partial charge in [0.1, 0.15) is 0 Å². The van der Waals surface area contributed by atoms with E-state index < -0.39 is 0 Å². The molecule has 3 heteroatoms. The van der Waals surface area contributed by atoms with Gasteiger partial charge in [0, 0.05) is 19.5 Å². The van der Waals surface area contributed by atoms with Gasteiger partial charge in [0.05, 0.1) is 0 Å². The molecule has 2 rings (SSSR count). The smallest absolute Gasteiger partial charge is 0.222 e. The molecule has 2 heterocycles. The Balaban J connectivity index is 1.73. The van der Waals surface area contributed by atoms with Gasteiger partial charge in [-0.25, -0.2) is 0 Å². The highest BCUT2D eigenvalue weighted by Gasteiger charge is 2.25. The lowest BCUT2D eigenvalue weighted by atomic mass is 9.93. The van der Waals surface area contributed by atoms with Crippen molar-refractivity contribution in [2.45, 2.75) is 39.0 Å². The molecule has 0 bridgehead atoms. The van der Waals surface area contributed by atoms with E-state index in [4.69, 9.17) is 0 Å². The van der Waals surface area contributed by atoms with Gasteiger partial charge in [-0.15, -0.1) is 0 Å². The fourth-order valence-electron chi connectivity index (χ4n) is 2.86. The second-order valence-corrected chi connectivity index (χ2v) is 5.30. The molecule has 2 fully saturated rings. The van der Waals surface area contributed by atoms with Gasteiger partial charge >= 0.3 is 0 Å². The van der Waals surface area contributed by atoms with Gasteiger partial charge in [0.25, 0.3) is 0 Å². The molecule has 3 nitrogen and oxygen atoms in total. The molecule has 0 aromatic carbocycles. The van der Waals surface area contributed by atoms with E-state index in [0.29, 0.717) is 11.8 Å². The van der Waals surface area contributed by atoms with Crippen LogP contribution in [-0.4, -0.2) is 37.0 Å². The van der Waals surface area contributed by atoms with Gasteiger partial charge in [0.15, 0.2) is 0 Å². The number of piperidine rings is 1. The molecule has 0 aromatic heterocycles. The third-order valence-corrected chi connectivity index (χ3v) is 4.17. The molecule has 2 aliphatic rings. The van der Waals surface area contributed by atoms with Crippen LogP contribution in [0.4, 0.5) is 0 Å². The highest BCUT2D eigenvalue weighted by molar-refractivity contribution is 5.76. The maximum absolute atomic E-state index is 12.0. The summed E-state index contributed by atoms with van der Waals surface area (Å²) in [7, 11) is 0. The van der Waals surface area contributed by atoms with E-state index >= 15 is 0 Å². The number of nitrogens with one attached hydrogen (secondary N) is 1. The van der Waals surface area contributed by atoms with Crippen LogP contribution in [0.1, 0.15) is 39.0 Å². The highest BCUT2D eigenvalue weighted by atomic mass is 16.2. The van der Waals surface area contributed by atoms with E-state index in [-0.39, 0.29) is 0 Å². The Kier molecular flexibility index (Phi) is 4.22. The molecule has 0 saturated carbocycles. The molecular weight excluding hydrogens is 200 g/mol. The third-order valence-electron chi connectivity index (χ3n) is 4.17. The monoisotopic (exact) mass is 224 g/mol. The summed E-state index contributed by atoms with van der Waals surface area (Å²) in [5, 5.41) is 3.33. The van der Waals surface area contributed by atoms with Crippen molar-refractivity contribution >= 4 is 5.91 Å². The van der Waals surface area contributed by atoms with Crippen molar-refractivity contribution in [2.24, 2.45) is 11.8 Å². The molecule has 0 spiro atoms. The van der Waals surface area contributed by atoms with E-state index in [1.807, 2.05) is 0 Å². The number of carbonyl (C=O) groups excluding carboxylic acids is 1. The van der Waals surface area contributed by atoms with Crippen molar-refractivity contribution in [2.75, 3.05) is 26.2 Å². The topological polar surface area (TPSA) is 32.3 Å². The van der Waals surface area contributed by atoms with Crippen LogP contribution in [-0.2, 0) is 4.79 Å². The van der Waals surface area contributed by atoms with Gasteiger partial charge < -0.3 is 10.2 Å². The molecule has 16 heavy (non-hydrogen) atoms. The van der Waals surface area contributed by atoms with Crippen LogP contribution < -0.4 is 5.32 Å². The van der Waals surface area contributed by atoms with Gasteiger partial charge in [-0.1, -0.05) is 13.3 Å². The zero-order chi connectivity index (χ0) is 11.4. The van der Waals surface area contributed by atoms with Crippen molar-refractivity contribution in [3.63, 3.8) is 0 Å². The predicted molar refractivity (Wildman–Crippen MR) is 65.2 cm³/mol. The zero-order valence-corrected chi connectivity index (χ0v) is 10.4. The van der Waals surface area contributed by atoms with Crippen LogP contribution in [0, 0.1) is 11.8 Å². The Morgan fingerprint density at radius 2 is 2.00 bits per heavy atom. The van der Waals surface area contributed by atoms with Crippen molar-refractivity contribution in [1.29, 1.82) is 0 Å². The van der Waals surface area contributed by atoms with Crippen molar-refractivity contribution in [3.05, 3.63) is 0 Å². The number of hydrogen-bond acceptors (Lipinski definition) is 2. The van der Waals surface area contributed by atoms with Gasteiger partial charge in [-0.2, -0.15) is 0 Å². The van der Waals surface area contributed by atoms with Crippen molar-refractivity contribution in [1.82, 2.24) is 10.2 Å². The maximum atomic E-state index is 12.0. The average molecular weight is 224 g/mol. The van der Waals surface area contributed by atoms with E-state index in [0.717, 1.165) is 38.5 Å². The lowest BCUT2D eigenvalue weighted by molar-refractivity contribution is -0.133. The number of carbonyl (C=O) groups is 1. The molecule has 1 amide bonds. The second kappa shape index (κ2) is 5.67. The van der Waals surface area contributed by atoms with E-state index in [1.54, 1.807) is 0 Å². The molecule has 2 aliphatic heterocycles. The number of likely N-dealkylation sites (tertiary alicyclic amines) is 1. The normalized spacial score (nSPS) is 27.3. The summed E-state index contributed by atoms with van der Waals surface area (Å²) in [5.74, 6) is 1.84. The largest absolute Gasteiger partial charge is 0.343 e. The lowest BCUT2D eigenvalue weighted by Crippen LogP contribution is -2.39. The van der Waals surface area contributed by atoms with Gasteiger partial charge in [-0.3, -0.25) is 4.79 Å². The summed E-state index contributed by atoms with van der Waals surface area (Å²) in [6, 6.07) is 0. The van der Waals surface area contributed by atoms with Crippen LogP contribution in [0.5, 0.6) is 0 Å². The first-order valence-corrected chi connectivity index (χ1v) is 6.78. The van der Waals surface area contributed by atoms with Gasteiger partial charge in [0.2, 0.25) is 5.91 Å². The van der Waals surface area contributed by atoms with Crippen LogP contribution in [0.2, 0.25) is 0 Å². The molecule has 0 aromatic rings. The fourth-order valence-corrected chi connectivity index (χ4v) is 2.86. The van der Waals surface area contributed by atoms with Crippen LogP contribution in [0.3, 0.4) is 0 Å². The van der Waals surface area contributed by atoms with Crippen molar-refractivity contribution in [3.8, 4) is 0 Å². The van der Waals surface area contributed by atoms with E-state index in [9.17, 15) is 4.79 Å². The average Bonchev–Trinajstić information content (AvgIpc) is 2.82. The van der Waals surface area contributed by atoms with Crippen molar-refractivity contribution < 1.29 is 4.79 Å². The minimum atomic E-state index is 0.392. The molecule has 1 unspecified atom stereocenters. The third kappa shape index (κ3) is 2.97. The molecule has 2 saturated heterocycles. The summed E-state index contributed by atoms with van der Waals surface area (Å²) >= 11 is 0. The summed E-state index contributed by atoms with van der Waals surface area (Å²) in [5.41, 5.74) is 0. The van der Waals surface area contributed by atoms with Crippen LogP contribution in [0.25, 0.3) is 0 Å². The SMILES string of the molecule is CCC1CCN(C(=O)CC2CCNC2)CC1. The molecule has 0 aliphatic carbocycles. The summed E-state index contributed by atoms with van der Waals surface area (Å²) < 4.78 is 0. The Morgan fingerprint density at radius 1 is 1.25 bits per heavy atom. The number of rotatable bonds is 3. The second-order valence-electron chi connectivity index (χ2n) is 5.30. The molecule has 92 valence electrons. The molecule has 1 N–H and O–H groups in total. The zero-order valence-electron chi connectivity index (χ0n) is 10.4. The minimum absolute atomic E-state index is 0.392.